The summed E-state index contributed by atoms with van der Waals surface area (Å²) in [6.07, 6.45) is 2.32. The van der Waals surface area contributed by atoms with Gasteiger partial charge in [0.15, 0.2) is 5.78 Å². The Kier molecular flexibility index (Phi) is 2.50. The Bertz CT molecular complexity index is 517. The van der Waals surface area contributed by atoms with Crippen LogP contribution in [0.25, 0.3) is 10.9 Å². The van der Waals surface area contributed by atoms with E-state index in [-0.39, 0.29) is 5.78 Å². The first-order valence-electron chi connectivity index (χ1n) is 5.11. The monoisotopic (exact) mass is 199 g/mol. The summed E-state index contributed by atoms with van der Waals surface area (Å²) in [7, 11) is 0. The first-order valence-corrected chi connectivity index (χ1v) is 5.11. The van der Waals surface area contributed by atoms with Gasteiger partial charge >= 0.3 is 0 Å². The van der Waals surface area contributed by atoms with E-state index in [0.717, 1.165) is 22.0 Å². The number of hydrogen-bond donors (Lipinski definition) is 0. The molecule has 2 nitrogen and oxygen atoms in total. The van der Waals surface area contributed by atoms with Gasteiger partial charge in [0.1, 0.15) is 0 Å². The number of Topliss-reactive ketones (excluding diaryl/α,β-unsaturated/α-hetero) is 1. The van der Waals surface area contributed by atoms with Gasteiger partial charge in [-0.3, -0.25) is 9.78 Å². The van der Waals surface area contributed by atoms with Crippen molar-refractivity contribution in [3.05, 3.63) is 41.6 Å². The van der Waals surface area contributed by atoms with Crippen molar-refractivity contribution in [2.24, 2.45) is 0 Å². The number of ketones is 1. The van der Waals surface area contributed by atoms with Gasteiger partial charge in [-0.2, -0.15) is 0 Å². The summed E-state index contributed by atoms with van der Waals surface area (Å²) in [6.45, 7) is 3.84. The molecule has 0 unspecified atom stereocenters. The van der Waals surface area contributed by atoms with Crippen LogP contribution >= 0.6 is 0 Å². The third-order valence-electron chi connectivity index (χ3n) is 2.57. The molecule has 0 bridgehead atoms. The summed E-state index contributed by atoms with van der Waals surface area (Å²) in [6, 6.07) is 7.77. The molecule has 0 radical (unpaired) electrons. The predicted octanol–water partition coefficient (Wildman–Crippen LogP) is 3.14. The van der Waals surface area contributed by atoms with Crippen molar-refractivity contribution in [1.29, 1.82) is 0 Å². The van der Waals surface area contributed by atoms with Crippen molar-refractivity contribution >= 4 is 16.7 Å². The van der Waals surface area contributed by atoms with E-state index >= 15 is 0 Å². The minimum absolute atomic E-state index is 0.193. The third-order valence-corrected chi connectivity index (χ3v) is 2.57. The van der Waals surface area contributed by atoms with Crippen molar-refractivity contribution in [2.75, 3.05) is 0 Å². The molecule has 1 aromatic heterocycles. The predicted molar refractivity (Wildman–Crippen MR) is 61.1 cm³/mol. The molecule has 0 aliphatic rings. The van der Waals surface area contributed by atoms with Gasteiger partial charge in [0.05, 0.1) is 5.52 Å². The molecule has 0 saturated heterocycles. The van der Waals surface area contributed by atoms with E-state index in [1.165, 1.54) is 0 Å². The molecule has 0 aliphatic heterocycles. The molecule has 15 heavy (non-hydrogen) atoms. The second kappa shape index (κ2) is 3.81. The Labute approximate surface area is 89.0 Å². The molecule has 0 atom stereocenters. The molecule has 0 amide bonds. The van der Waals surface area contributed by atoms with Crippen LogP contribution in [-0.2, 0) is 0 Å². The highest BCUT2D eigenvalue weighted by atomic mass is 16.1. The lowest BCUT2D eigenvalue weighted by atomic mass is 10.0. The van der Waals surface area contributed by atoms with E-state index in [9.17, 15) is 4.79 Å². The summed E-state index contributed by atoms with van der Waals surface area (Å²) in [5, 5.41) is 1.03. The number of nitrogens with zero attached hydrogens (tertiary/aromatic N) is 1. The smallest absolute Gasteiger partial charge is 0.162 e. The number of carbonyl (C=O) groups excluding carboxylic acids is 1. The van der Waals surface area contributed by atoms with Gasteiger partial charge in [0, 0.05) is 23.6 Å². The van der Waals surface area contributed by atoms with Crippen molar-refractivity contribution in [2.45, 2.75) is 20.3 Å². The number of carbonyl (C=O) groups is 1. The normalized spacial score (nSPS) is 10.5. The van der Waals surface area contributed by atoms with Crippen LogP contribution in [0.3, 0.4) is 0 Å². The van der Waals surface area contributed by atoms with Gasteiger partial charge in [-0.1, -0.05) is 13.0 Å². The van der Waals surface area contributed by atoms with Crippen molar-refractivity contribution in [3.63, 3.8) is 0 Å². The Hall–Kier alpha value is -1.70. The fourth-order valence-corrected chi connectivity index (χ4v) is 1.72. The van der Waals surface area contributed by atoms with Gasteiger partial charge in [-0.15, -0.1) is 0 Å². The fourth-order valence-electron chi connectivity index (χ4n) is 1.72. The summed E-state index contributed by atoms with van der Waals surface area (Å²) in [5.41, 5.74) is 2.77. The molecular formula is C13H13NO. The van der Waals surface area contributed by atoms with E-state index < -0.39 is 0 Å². The van der Waals surface area contributed by atoms with Crippen LogP contribution in [-0.4, -0.2) is 10.8 Å². The summed E-state index contributed by atoms with van der Waals surface area (Å²) in [5.74, 6) is 0.193. The summed E-state index contributed by atoms with van der Waals surface area (Å²) in [4.78, 5) is 15.9. The zero-order chi connectivity index (χ0) is 10.8. The standard InChI is InChI=1S/C13H13NO/c1-3-13(15)11-8-10-5-4-6-14-12(10)7-9(11)2/h4-8H,3H2,1-2H3. The maximum absolute atomic E-state index is 11.7. The number of rotatable bonds is 2. The lowest BCUT2D eigenvalue weighted by molar-refractivity contribution is 0.0987. The molecule has 0 saturated carbocycles. The maximum Gasteiger partial charge on any atom is 0.162 e. The van der Waals surface area contributed by atoms with E-state index in [1.807, 2.05) is 38.1 Å². The quantitative estimate of drug-likeness (QED) is 0.695. The van der Waals surface area contributed by atoms with Gasteiger partial charge in [0.25, 0.3) is 0 Å². The highest BCUT2D eigenvalue weighted by Gasteiger charge is 2.08. The number of fused-ring (bicyclic) bond motifs is 1. The molecule has 0 aliphatic carbocycles. The maximum atomic E-state index is 11.7. The van der Waals surface area contributed by atoms with E-state index in [1.54, 1.807) is 6.20 Å². The molecule has 1 aromatic carbocycles. The van der Waals surface area contributed by atoms with Crippen molar-refractivity contribution < 1.29 is 4.79 Å². The van der Waals surface area contributed by atoms with Crippen LogP contribution in [0.1, 0.15) is 29.3 Å². The lowest BCUT2D eigenvalue weighted by Crippen LogP contribution is -1.99. The van der Waals surface area contributed by atoms with Crippen LogP contribution in [0.4, 0.5) is 0 Å². The Balaban J connectivity index is 2.67. The van der Waals surface area contributed by atoms with E-state index in [2.05, 4.69) is 4.98 Å². The minimum atomic E-state index is 0.193. The topological polar surface area (TPSA) is 30.0 Å². The Morgan fingerprint density at radius 2 is 2.20 bits per heavy atom. The molecule has 76 valence electrons. The minimum Gasteiger partial charge on any atom is -0.294 e. The number of hydrogen-bond acceptors (Lipinski definition) is 2. The van der Waals surface area contributed by atoms with Crippen LogP contribution in [0, 0.1) is 6.92 Å². The fraction of sp³-hybridized carbons (Fsp3) is 0.231. The zero-order valence-corrected chi connectivity index (χ0v) is 8.95. The lowest BCUT2D eigenvalue weighted by Gasteiger charge is -2.05. The molecule has 0 spiro atoms. The third kappa shape index (κ3) is 1.75. The summed E-state index contributed by atoms with van der Waals surface area (Å²) < 4.78 is 0. The molecule has 2 rings (SSSR count). The first kappa shape index (κ1) is 9.84. The number of benzene rings is 1. The average molecular weight is 199 g/mol. The van der Waals surface area contributed by atoms with Gasteiger partial charge in [-0.25, -0.2) is 0 Å². The Morgan fingerprint density at radius 1 is 1.40 bits per heavy atom. The molecule has 2 heteroatoms. The second-order valence-corrected chi connectivity index (χ2v) is 3.64. The van der Waals surface area contributed by atoms with Crippen molar-refractivity contribution in [3.8, 4) is 0 Å². The molecule has 0 fully saturated rings. The number of pyridine rings is 1. The number of aryl methyl sites for hydroxylation is 1. The van der Waals surface area contributed by atoms with Gasteiger partial charge in [-0.05, 0) is 30.7 Å². The molecule has 1 heterocycles. The van der Waals surface area contributed by atoms with Crippen LogP contribution in [0.2, 0.25) is 0 Å². The summed E-state index contributed by atoms with van der Waals surface area (Å²) >= 11 is 0. The SMILES string of the molecule is CCC(=O)c1cc2cccnc2cc1C. The largest absolute Gasteiger partial charge is 0.294 e. The number of aromatic nitrogens is 1. The van der Waals surface area contributed by atoms with Crippen LogP contribution in [0.15, 0.2) is 30.5 Å². The van der Waals surface area contributed by atoms with Crippen LogP contribution in [0.5, 0.6) is 0 Å². The van der Waals surface area contributed by atoms with Gasteiger partial charge in [0.2, 0.25) is 0 Å². The Morgan fingerprint density at radius 3 is 2.93 bits per heavy atom. The highest BCUT2D eigenvalue weighted by Crippen LogP contribution is 2.18. The zero-order valence-electron chi connectivity index (χ0n) is 8.95. The van der Waals surface area contributed by atoms with Crippen molar-refractivity contribution in [1.82, 2.24) is 4.98 Å². The van der Waals surface area contributed by atoms with Gasteiger partial charge < -0.3 is 0 Å². The molecule has 2 aromatic rings. The average Bonchev–Trinajstić information content (AvgIpc) is 2.27. The van der Waals surface area contributed by atoms with Crippen LogP contribution < -0.4 is 0 Å². The van der Waals surface area contributed by atoms with E-state index in [0.29, 0.717) is 6.42 Å². The molecule has 0 N–H and O–H groups in total. The second-order valence-electron chi connectivity index (χ2n) is 3.64. The first-order chi connectivity index (χ1) is 7.22. The van der Waals surface area contributed by atoms with E-state index in [4.69, 9.17) is 0 Å². The highest BCUT2D eigenvalue weighted by molar-refractivity contribution is 6.00. The molecular weight excluding hydrogens is 186 g/mol.